The number of rotatable bonds is 15. The fourth-order valence-corrected chi connectivity index (χ4v) is 6.48. The number of nitro groups is 1. The molecule has 0 radical (unpaired) electrons. The number of likely N-dealkylation sites (tertiary alicyclic amines) is 1. The highest BCUT2D eigenvalue weighted by atomic mass is 16.6. The number of piperidine rings is 1. The lowest BCUT2D eigenvalue weighted by Crippen LogP contribution is -2.51. The van der Waals surface area contributed by atoms with Gasteiger partial charge in [0.15, 0.2) is 0 Å². The van der Waals surface area contributed by atoms with Crippen LogP contribution in [0.4, 0.5) is 5.69 Å². The highest BCUT2D eigenvalue weighted by Gasteiger charge is 2.37. The summed E-state index contributed by atoms with van der Waals surface area (Å²) in [5.41, 5.74) is 4.67. The summed E-state index contributed by atoms with van der Waals surface area (Å²) in [6.07, 6.45) is 5.93. The molecule has 0 bridgehead atoms. The van der Waals surface area contributed by atoms with Gasteiger partial charge in [-0.1, -0.05) is 56.3 Å². The zero-order valence-electron chi connectivity index (χ0n) is 25.7. The third-order valence-corrected chi connectivity index (χ3v) is 8.83. The maximum atomic E-state index is 12.7. The number of carbonyl (C=O) groups excluding carboxylic acids is 3. The normalized spacial score (nSPS) is 18.3. The van der Waals surface area contributed by atoms with Crippen molar-refractivity contribution in [1.82, 2.24) is 25.3 Å². The maximum absolute atomic E-state index is 12.7. The Bertz CT molecular complexity index is 1380. The Hall–Kier alpha value is -4.51. The fraction of sp³-hybridized carbons (Fsp3) is 0.424. The van der Waals surface area contributed by atoms with Crippen LogP contribution in [0.1, 0.15) is 63.0 Å². The number of carbonyl (C=O) groups is 3. The molecule has 4 rings (SSSR count). The molecule has 0 saturated carbocycles. The van der Waals surface area contributed by atoms with Gasteiger partial charge in [-0.15, -0.1) is 0 Å². The molecular weight excluding hydrogens is 560 g/mol. The molecule has 1 fully saturated rings. The van der Waals surface area contributed by atoms with Crippen molar-refractivity contribution in [1.29, 1.82) is 0 Å². The number of hydrogen-bond acceptors (Lipinski definition) is 7. The molecule has 44 heavy (non-hydrogen) atoms. The van der Waals surface area contributed by atoms with E-state index in [0.717, 1.165) is 86.3 Å². The second-order valence-corrected chi connectivity index (χ2v) is 11.3. The van der Waals surface area contributed by atoms with Gasteiger partial charge in [-0.2, -0.15) is 0 Å². The SMILES string of the molecule is CCC1=C(N(C)C=O)C(c2ccc([N+](=O)[O-])cc2)C(N(C=O)CCCN2CCC(NC=O)(c3ccccc3)CC2)=C(CC)N1. The van der Waals surface area contributed by atoms with Gasteiger partial charge in [0, 0.05) is 50.2 Å². The van der Waals surface area contributed by atoms with Gasteiger partial charge in [0.25, 0.3) is 5.69 Å². The first-order valence-corrected chi connectivity index (χ1v) is 15.2. The molecule has 2 N–H and O–H groups in total. The van der Waals surface area contributed by atoms with Crippen LogP contribution in [-0.2, 0) is 19.9 Å². The van der Waals surface area contributed by atoms with E-state index in [2.05, 4.69) is 27.7 Å². The maximum Gasteiger partial charge on any atom is 0.269 e. The Balaban J connectivity index is 1.55. The molecule has 1 saturated heterocycles. The number of benzene rings is 2. The molecule has 2 heterocycles. The Labute approximate surface area is 258 Å². The van der Waals surface area contributed by atoms with E-state index in [-0.39, 0.29) is 11.2 Å². The van der Waals surface area contributed by atoms with Gasteiger partial charge in [-0.05, 0) is 49.8 Å². The molecule has 2 aromatic rings. The smallest absolute Gasteiger partial charge is 0.269 e. The molecule has 11 nitrogen and oxygen atoms in total. The highest BCUT2D eigenvalue weighted by molar-refractivity contribution is 5.61. The molecule has 2 aliphatic heterocycles. The van der Waals surface area contributed by atoms with E-state index in [1.807, 2.05) is 32.0 Å². The number of amides is 3. The lowest BCUT2D eigenvalue weighted by Gasteiger charge is -2.42. The van der Waals surface area contributed by atoms with Crippen LogP contribution in [0.15, 0.2) is 77.4 Å². The quantitative estimate of drug-likeness (QED) is 0.178. The lowest BCUT2D eigenvalue weighted by atomic mass is 9.81. The first-order chi connectivity index (χ1) is 21.3. The van der Waals surface area contributed by atoms with Crippen molar-refractivity contribution < 1.29 is 19.3 Å². The summed E-state index contributed by atoms with van der Waals surface area (Å²) >= 11 is 0. The third-order valence-electron chi connectivity index (χ3n) is 8.83. The van der Waals surface area contributed by atoms with Gasteiger partial charge in [-0.3, -0.25) is 24.5 Å². The zero-order valence-corrected chi connectivity index (χ0v) is 25.7. The van der Waals surface area contributed by atoms with E-state index in [9.17, 15) is 24.5 Å². The molecule has 0 aromatic heterocycles. The van der Waals surface area contributed by atoms with Gasteiger partial charge in [-0.25, -0.2) is 0 Å². The molecule has 0 spiro atoms. The van der Waals surface area contributed by atoms with E-state index in [0.29, 0.717) is 25.1 Å². The summed E-state index contributed by atoms with van der Waals surface area (Å²) in [6, 6.07) is 16.4. The lowest BCUT2D eigenvalue weighted by molar-refractivity contribution is -0.384. The van der Waals surface area contributed by atoms with Crippen LogP contribution >= 0.6 is 0 Å². The summed E-state index contributed by atoms with van der Waals surface area (Å²) in [6.45, 7) is 6.87. The van der Waals surface area contributed by atoms with Crippen molar-refractivity contribution >= 4 is 24.9 Å². The second kappa shape index (κ2) is 14.8. The topological polar surface area (TPSA) is 128 Å². The molecule has 2 aromatic carbocycles. The predicted molar refractivity (Wildman–Crippen MR) is 168 cm³/mol. The van der Waals surface area contributed by atoms with Crippen LogP contribution in [0.5, 0.6) is 0 Å². The van der Waals surface area contributed by atoms with Crippen molar-refractivity contribution in [2.24, 2.45) is 0 Å². The molecule has 3 amide bonds. The number of nitrogens with zero attached hydrogens (tertiary/aromatic N) is 4. The van der Waals surface area contributed by atoms with Crippen molar-refractivity contribution in [3.8, 4) is 0 Å². The molecule has 0 aliphatic carbocycles. The first-order valence-electron chi connectivity index (χ1n) is 15.2. The molecule has 2 aliphatic rings. The number of nitrogens with one attached hydrogen (secondary N) is 2. The van der Waals surface area contributed by atoms with Gasteiger partial charge < -0.3 is 25.3 Å². The second-order valence-electron chi connectivity index (χ2n) is 11.3. The van der Waals surface area contributed by atoms with E-state index in [4.69, 9.17) is 0 Å². The van der Waals surface area contributed by atoms with Crippen LogP contribution in [0.25, 0.3) is 0 Å². The van der Waals surface area contributed by atoms with Crippen LogP contribution in [0.2, 0.25) is 0 Å². The third kappa shape index (κ3) is 6.83. The Morgan fingerprint density at radius 1 is 0.977 bits per heavy atom. The minimum absolute atomic E-state index is 0.0256. The van der Waals surface area contributed by atoms with Crippen LogP contribution in [-0.4, -0.2) is 72.1 Å². The van der Waals surface area contributed by atoms with E-state index < -0.39 is 10.8 Å². The summed E-state index contributed by atoms with van der Waals surface area (Å²) < 4.78 is 0. The zero-order chi connectivity index (χ0) is 31.7. The van der Waals surface area contributed by atoms with Crippen molar-refractivity contribution in [3.63, 3.8) is 0 Å². The van der Waals surface area contributed by atoms with Crippen LogP contribution in [0, 0.1) is 10.1 Å². The molecule has 234 valence electrons. The van der Waals surface area contributed by atoms with E-state index >= 15 is 0 Å². The number of hydrogen-bond donors (Lipinski definition) is 2. The number of non-ortho nitro benzene ring substituents is 1. The molecule has 1 unspecified atom stereocenters. The van der Waals surface area contributed by atoms with E-state index in [1.54, 1.807) is 24.1 Å². The van der Waals surface area contributed by atoms with Crippen LogP contribution < -0.4 is 10.6 Å². The monoisotopic (exact) mass is 602 g/mol. The fourth-order valence-electron chi connectivity index (χ4n) is 6.48. The minimum Gasteiger partial charge on any atom is -0.359 e. The first kappa shape index (κ1) is 32.4. The van der Waals surface area contributed by atoms with Crippen molar-refractivity contribution in [3.05, 3.63) is 98.6 Å². The minimum atomic E-state index is -0.474. The van der Waals surface area contributed by atoms with Gasteiger partial charge >= 0.3 is 0 Å². The average Bonchev–Trinajstić information content (AvgIpc) is 3.06. The number of likely N-dealkylation sites (N-methyl/N-ethyl adjacent to an activating group) is 1. The van der Waals surface area contributed by atoms with Gasteiger partial charge in [0.1, 0.15) is 0 Å². The standard InChI is InChI=1S/C33H42N6O5/c1-4-28-31(36(3)23-41)30(25-12-14-27(15-13-25)39(43)44)32(29(5-2)35-28)38(24-42)19-9-18-37-20-16-33(17-21-37,34-22-40)26-10-7-6-8-11-26/h6-8,10-15,22-24,30,35H,4-5,9,16-21H2,1-3H3,(H,34,40). The Morgan fingerprint density at radius 2 is 1.61 bits per heavy atom. The van der Waals surface area contributed by atoms with Crippen molar-refractivity contribution in [2.75, 3.05) is 33.2 Å². The molecular formula is C33H42N6O5. The number of allylic oxidation sites excluding steroid dienone is 2. The summed E-state index contributed by atoms with van der Waals surface area (Å²) in [5, 5.41) is 17.9. The summed E-state index contributed by atoms with van der Waals surface area (Å²) in [7, 11) is 1.68. The predicted octanol–water partition coefficient (Wildman–Crippen LogP) is 4.20. The van der Waals surface area contributed by atoms with Gasteiger partial charge in [0.2, 0.25) is 19.2 Å². The highest BCUT2D eigenvalue weighted by Crippen LogP contribution is 2.42. The van der Waals surface area contributed by atoms with Crippen LogP contribution in [0.3, 0.4) is 0 Å². The Morgan fingerprint density at radius 3 is 2.16 bits per heavy atom. The average molecular weight is 603 g/mol. The Kier molecular flexibility index (Phi) is 10.9. The van der Waals surface area contributed by atoms with Crippen molar-refractivity contribution in [2.45, 2.75) is 57.4 Å². The van der Waals surface area contributed by atoms with Gasteiger partial charge in [0.05, 0.1) is 27.8 Å². The molecule has 1 atom stereocenters. The number of dihydropyridines is 1. The van der Waals surface area contributed by atoms with E-state index in [1.165, 1.54) is 17.0 Å². The summed E-state index contributed by atoms with van der Waals surface area (Å²) in [5.74, 6) is -0.474. The summed E-state index contributed by atoms with van der Waals surface area (Å²) in [4.78, 5) is 52.8. The number of nitro benzene ring substituents is 1. The largest absolute Gasteiger partial charge is 0.359 e. The molecule has 11 heteroatoms.